The molecule has 0 unspecified atom stereocenters. The Balaban J connectivity index is 2.50. The highest BCUT2D eigenvalue weighted by Gasteiger charge is 1.97. The second kappa shape index (κ2) is 4.50. The van der Waals surface area contributed by atoms with E-state index < -0.39 is 6.09 Å². The molecule has 1 rings (SSSR count). The van der Waals surface area contributed by atoms with Crippen LogP contribution in [0.5, 0.6) is 0 Å². The number of carbonyl (C=O) groups is 1. The monoisotopic (exact) mass is 179 g/mol. The Bertz CT molecular complexity index is 297. The van der Waals surface area contributed by atoms with Crippen LogP contribution in [0.15, 0.2) is 24.3 Å². The third kappa shape index (κ3) is 3.15. The molecule has 3 heteroatoms. The number of carbonyl (C=O) groups excluding carboxylic acids is 1. The zero-order chi connectivity index (χ0) is 9.68. The minimum atomic E-state index is -0.401. The van der Waals surface area contributed by atoms with Crippen LogP contribution in [-0.4, -0.2) is 13.2 Å². The number of hydrogen-bond acceptors (Lipinski definition) is 2. The quantitative estimate of drug-likeness (QED) is 0.752. The molecule has 13 heavy (non-hydrogen) atoms. The van der Waals surface area contributed by atoms with E-state index in [1.165, 1.54) is 12.7 Å². The fraction of sp³-hybridized carbons (Fsp3) is 0.300. The van der Waals surface area contributed by atoms with Crippen LogP contribution in [0.1, 0.15) is 11.1 Å². The molecule has 0 radical (unpaired) electrons. The molecule has 0 spiro atoms. The second-order valence-electron chi connectivity index (χ2n) is 2.83. The summed E-state index contributed by atoms with van der Waals surface area (Å²) >= 11 is 0. The van der Waals surface area contributed by atoms with E-state index in [9.17, 15) is 4.79 Å². The van der Waals surface area contributed by atoms with Crippen LogP contribution in [0.2, 0.25) is 0 Å². The van der Waals surface area contributed by atoms with E-state index in [0.29, 0.717) is 6.54 Å². The summed E-state index contributed by atoms with van der Waals surface area (Å²) in [5, 5.41) is 2.61. The van der Waals surface area contributed by atoms with Crippen LogP contribution < -0.4 is 5.32 Å². The number of hydrogen-bond donors (Lipinski definition) is 1. The summed E-state index contributed by atoms with van der Waals surface area (Å²) in [6, 6.07) is 7.96. The summed E-state index contributed by atoms with van der Waals surface area (Å²) in [6.45, 7) is 2.52. The van der Waals surface area contributed by atoms with Crippen molar-refractivity contribution in [1.82, 2.24) is 5.32 Å². The molecule has 0 aromatic heterocycles. The van der Waals surface area contributed by atoms with Crippen molar-refractivity contribution in [3.8, 4) is 0 Å². The summed E-state index contributed by atoms with van der Waals surface area (Å²) in [5.41, 5.74) is 2.26. The highest BCUT2D eigenvalue weighted by molar-refractivity contribution is 5.66. The van der Waals surface area contributed by atoms with E-state index >= 15 is 0 Å². The normalized spacial score (nSPS) is 9.38. The van der Waals surface area contributed by atoms with Crippen molar-refractivity contribution in [1.29, 1.82) is 0 Å². The Morgan fingerprint density at radius 3 is 2.92 bits per heavy atom. The van der Waals surface area contributed by atoms with Crippen molar-refractivity contribution in [3.63, 3.8) is 0 Å². The Hall–Kier alpha value is -1.51. The molecule has 3 nitrogen and oxygen atoms in total. The van der Waals surface area contributed by atoms with Crippen molar-refractivity contribution >= 4 is 6.09 Å². The topological polar surface area (TPSA) is 38.3 Å². The summed E-state index contributed by atoms with van der Waals surface area (Å²) < 4.78 is 4.45. The molecule has 0 saturated carbocycles. The Labute approximate surface area is 77.7 Å². The van der Waals surface area contributed by atoms with Gasteiger partial charge in [0, 0.05) is 6.54 Å². The lowest BCUT2D eigenvalue weighted by atomic mass is 10.1. The zero-order valence-corrected chi connectivity index (χ0v) is 7.83. The van der Waals surface area contributed by atoms with Gasteiger partial charge in [-0.2, -0.15) is 0 Å². The van der Waals surface area contributed by atoms with Crippen molar-refractivity contribution < 1.29 is 9.53 Å². The van der Waals surface area contributed by atoms with E-state index in [-0.39, 0.29) is 0 Å². The Kier molecular flexibility index (Phi) is 3.31. The molecule has 1 aromatic carbocycles. The second-order valence-corrected chi connectivity index (χ2v) is 2.83. The van der Waals surface area contributed by atoms with Gasteiger partial charge in [0.05, 0.1) is 7.11 Å². The number of amides is 1. The molecule has 0 atom stereocenters. The molecule has 70 valence electrons. The van der Waals surface area contributed by atoms with E-state index in [4.69, 9.17) is 0 Å². The summed E-state index contributed by atoms with van der Waals surface area (Å²) in [4.78, 5) is 10.7. The van der Waals surface area contributed by atoms with Crippen LogP contribution in [-0.2, 0) is 11.3 Å². The number of nitrogens with one attached hydrogen (secondary N) is 1. The van der Waals surface area contributed by atoms with Crippen LogP contribution in [0.3, 0.4) is 0 Å². The average Bonchev–Trinajstić information content (AvgIpc) is 2.14. The third-order valence-electron chi connectivity index (χ3n) is 1.70. The first-order valence-corrected chi connectivity index (χ1v) is 4.09. The highest BCUT2D eigenvalue weighted by atomic mass is 16.5. The first kappa shape index (κ1) is 9.58. The molecule has 1 aromatic rings. The lowest BCUT2D eigenvalue weighted by molar-refractivity contribution is 0.170. The smallest absolute Gasteiger partial charge is 0.407 e. The molecule has 1 N–H and O–H groups in total. The molecule has 0 saturated heterocycles. The lowest BCUT2D eigenvalue weighted by Gasteiger charge is -2.03. The first-order chi connectivity index (χ1) is 6.22. The van der Waals surface area contributed by atoms with Crippen LogP contribution in [0, 0.1) is 6.92 Å². The SMILES string of the molecule is COC(=O)NCc1cccc(C)c1. The minimum Gasteiger partial charge on any atom is -0.453 e. The van der Waals surface area contributed by atoms with Gasteiger partial charge in [-0.1, -0.05) is 29.8 Å². The van der Waals surface area contributed by atoms with Gasteiger partial charge >= 0.3 is 6.09 Å². The molecule has 0 heterocycles. The number of ether oxygens (including phenoxy) is 1. The van der Waals surface area contributed by atoms with Crippen LogP contribution in [0.25, 0.3) is 0 Å². The molecular formula is C10H13NO2. The largest absolute Gasteiger partial charge is 0.453 e. The number of benzene rings is 1. The minimum absolute atomic E-state index is 0.401. The van der Waals surface area contributed by atoms with Gasteiger partial charge in [0.25, 0.3) is 0 Å². The lowest BCUT2D eigenvalue weighted by Crippen LogP contribution is -2.22. The zero-order valence-electron chi connectivity index (χ0n) is 7.83. The fourth-order valence-electron chi connectivity index (χ4n) is 1.07. The third-order valence-corrected chi connectivity index (χ3v) is 1.70. The standard InChI is InChI=1S/C10H13NO2/c1-8-4-3-5-9(6-8)7-11-10(12)13-2/h3-6H,7H2,1-2H3,(H,11,12). The summed E-state index contributed by atoms with van der Waals surface area (Å²) in [6.07, 6.45) is -0.401. The number of rotatable bonds is 2. The molecule has 0 aliphatic carbocycles. The molecule has 0 bridgehead atoms. The number of aryl methyl sites for hydroxylation is 1. The molecular weight excluding hydrogens is 166 g/mol. The van der Waals surface area contributed by atoms with Gasteiger partial charge in [-0.15, -0.1) is 0 Å². The van der Waals surface area contributed by atoms with Gasteiger partial charge in [-0.25, -0.2) is 4.79 Å². The molecule has 1 amide bonds. The highest BCUT2D eigenvalue weighted by Crippen LogP contribution is 2.02. The van der Waals surface area contributed by atoms with Gasteiger partial charge in [-0.05, 0) is 12.5 Å². The average molecular weight is 179 g/mol. The maximum Gasteiger partial charge on any atom is 0.407 e. The van der Waals surface area contributed by atoms with Crippen molar-refractivity contribution in [2.75, 3.05) is 7.11 Å². The Morgan fingerprint density at radius 1 is 1.54 bits per heavy atom. The summed E-state index contributed by atoms with van der Waals surface area (Å²) in [5.74, 6) is 0. The molecule has 0 aliphatic rings. The van der Waals surface area contributed by atoms with Gasteiger partial charge in [0.15, 0.2) is 0 Å². The number of alkyl carbamates (subject to hydrolysis) is 1. The predicted molar refractivity (Wildman–Crippen MR) is 50.4 cm³/mol. The predicted octanol–water partition coefficient (Wildman–Crippen LogP) is 1.85. The van der Waals surface area contributed by atoms with Crippen molar-refractivity contribution in [2.45, 2.75) is 13.5 Å². The van der Waals surface area contributed by atoms with Crippen molar-refractivity contribution in [2.24, 2.45) is 0 Å². The maximum absolute atomic E-state index is 10.7. The number of methoxy groups -OCH3 is 1. The molecule has 0 fully saturated rings. The van der Waals surface area contributed by atoms with Gasteiger partial charge in [0.1, 0.15) is 0 Å². The van der Waals surface area contributed by atoms with Gasteiger partial charge in [-0.3, -0.25) is 0 Å². The van der Waals surface area contributed by atoms with Crippen molar-refractivity contribution in [3.05, 3.63) is 35.4 Å². The van der Waals surface area contributed by atoms with Gasteiger partial charge < -0.3 is 10.1 Å². The first-order valence-electron chi connectivity index (χ1n) is 4.09. The van der Waals surface area contributed by atoms with Crippen LogP contribution in [0.4, 0.5) is 4.79 Å². The van der Waals surface area contributed by atoms with Crippen LogP contribution >= 0.6 is 0 Å². The maximum atomic E-state index is 10.7. The van der Waals surface area contributed by atoms with E-state index in [0.717, 1.165) is 5.56 Å². The Morgan fingerprint density at radius 2 is 2.31 bits per heavy atom. The van der Waals surface area contributed by atoms with E-state index in [1.54, 1.807) is 0 Å². The van der Waals surface area contributed by atoms with E-state index in [2.05, 4.69) is 10.1 Å². The van der Waals surface area contributed by atoms with Gasteiger partial charge in [0.2, 0.25) is 0 Å². The van der Waals surface area contributed by atoms with E-state index in [1.807, 2.05) is 31.2 Å². The summed E-state index contributed by atoms with van der Waals surface area (Å²) in [7, 11) is 1.35. The fourth-order valence-corrected chi connectivity index (χ4v) is 1.07. The molecule has 0 aliphatic heterocycles.